The van der Waals surface area contributed by atoms with E-state index in [9.17, 15) is 4.79 Å². The molecular weight excluding hydrogens is 296 g/mol. The number of aliphatic hydroxyl groups is 1. The van der Waals surface area contributed by atoms with Crippen molar-refractivity contribution in [2.24, 2.45) is 0 Å². The Bertz CT molecular complexity index is 246. The molecule has 5 nitrogen and oxygen atoms in total. The number of carbonyl (C=O) groups is 1. The molecule has 0 saturated carbocycles. The third-order valence-corrected chi connectivity index (χ3v) is 2.72. The normalized spacial score (nSPS) is 11.8. The topological polar surface area (TPSA) is 65.0 Å². The van der Waals surface area contributed by atoms with Crippen molar-refractivity contribution in [1.29, 1.82) is 0 Å². The SMILES string of the molecule is CC(=O)OC(C)C.CCCCC(CCC)OC.COC(C)(C)O. The van der Waals surface area contributed by atoms with Gasteiger partial charge in [0.25, 0.3) is 0 Å². The lowest BCUT2D eigenvalue weighted by atomic mass is 10.1. The molecule has 0 aromatic heterocycles. The van der Waals surface area contributed by atoms with Gasteiger partial charge < -0.3 is 19.3 Å². The summed E-state index contributed by atoms with van der Waals surface area (Å²) >= 11 is 0. The molecule has 0 bridgehead atoms. The second-order valence-corrected chi connectivity index (χ2v) is 6.10. The van der Waals surface area contributed by atoms with Crippen molar-refractivity contribution >= 4 is 5.97 Å². The van der Waals surface area contributed by atoms with Gasteiger partial charge in [0.2, 0.25) is 0 Å². The molecule has 142 valence electrons. The van der Waals surface area contributed by atoms with Crippen molar-refractivity contribution in [1.82, 2.24) is 0 Å². The van der Waals surface area contributed by atoms with Gasteiger partial charge in [0.05, 0.1) is 12.2 Å². The van der Waals surface area contributed by atoms with Crippen molar-refractivity contribution in [3.8, 4) is 0 Å². The maximum atomic E-state index is 10.0. The van der Waals surface area contributed by atoms with Gasteiger partial charge >= 0.3 is 5.97 Å². The summed E-state index contributed by atoms with van der Waals surface area (Å²) in [7, 11) is 3.27. The molecule has 0 aliphatic carbocycles. The van der Waals surface area contributed by atoms with E-state index in [1.165, 1.54) is 46.1 Å². The van der Waals surface area contributed by atoms with Crippen molar-refractivity contribution in [3.63, 3.8) is 0 Å². The number of unbranched alkanes of at least 4 members (excludes halogenated alkanes) is 1. The summed E-state index contributed by atoms with van der Waals surface area (Å²) in [5.74, 6) is -1.17. The minimum atomic E-state index is -0.958. The first-order valence-corrected chi connectivity index (χ1v) is 8.51. The Balaban J connectivity index is -0.000000272. The molecule has 0 saturated heterocycles. The van der Waals surface area contributed by atoms with E-state index in [2.05, 4.69) is 23.3 Å². The molecule has 5 heteroatoms. The molecule has 0 amide bonds. The fourth-order valence-corrected chi connectivity index (χ4v) is 1.47. The maximum absolute atomic E-state index is 10.0. The third kappa shape index (κ3) is 33.9. The van der Waals surface area contributed by atoms with Crippen LogP contribution >= 0.6 is 0 Å². The maximum Gasteiger partial charge on any atom is 0.302 e. The standard InChI is InChI=1S/C9H20O.C5H10O2.C4H10O2/c1-4-6-8-9(10-3)7-5-2;1-4(2)7-5(3)6;1-4(2,5)6-3/h9H,4-8H2,1-3H3;4H,1-3H3;5H,1-3H3. The van der Waals surface area contributed by atoms with Crippen LogP contribution in [-0.2, 0) is 19.0 Å². The van der Waals surface area contributed by atoms with Crippen molar-refractivity contribution in [2.45, 2.75) is 98.6 Å². The van der Waals surface area contributed by atoms with Crippen LogP contribution in [0.4, 0.5) is 0 Å². The van der Waals surface area contributed by atoms with E-state index in [1.807, 2.05) is 21.0 Å². The minimum absolute atomic E-state index is 0.0255. The summed E-state index contributed by atoms with van der Waals surface area (Å²) in [6.07, 6.45) is 6.82. The van der Waals surface area contributed by atoms with E-state index in [-0.39, 0.29) is 12.1 Å². The molecule has 1 atom stereocenters. The molecule has 23 heavy (non-hydrogen) atoms. The quantitative estimate of drug-likeness (QED) is 0.528. The summed E-state index contributed by atoms with van der Waals surface area (Å²) in [6, 6.07) is 0. The van der Waals surface area contributed by atoms with Gasteiger partial charge in [-0.3, -0.25) is 4.79 Å². The van der Waals surface area contributed by atoms with E-state index in [1.54, 1.807) is 13.8 Å². The fourth-order valence-electron chi connectivity index (χ4n) is 1.47. The number of hydrogen-bond acceptors (Lipinski definition) is 5. The summed E-state index contributed by atoms with van der Waals surface area (Å²) in [4.78, 5) is 10.0. The van der Waals surface area contributed by atoms with Crippen LogP contribution in [0.25, 0.3) is 0 Å². The van der Waals surface area contributed by atoms with Crippen molar-refractivity contribution in [3.05, 3.63) is 0 Å². The van der Waals surface area contributed by atoms with Crippen LogP contribution in [-0.4, -0.2) is 43.3 Å². The Morgan fingerprint density at radius 3 is 1.74 bits per heavy atom. The lowest BCUT2D eigenvalue weighted by molar-refractivity contribution is -0.155. The first-order valence-electron chi connectivity index (χ1n) is 8.51. The number of rotatable bonds is 8. The molecule has 0 spiro atoms. The van der Waals surface area contributed by atoms with Crippen LogP contribution in [0.1, 0.15) is 80.6 Å². The number of hydrogen-bond donors (Lipinski definition) is 1. The first kappa shape index (κ1) is 27.2. The van der Waals surface area contributed by atoms with Gasteiger partial charge in [-0.05, 0) is 40.5 Å². The Hall–Kier alpha value is -0.650. The van der Waals surface area contributed by atoms with Gasteiger partial charge in [0.1, 0.15) is 0 Å². The van der Waals surface area contributed by atoms with Gasteiger partial charge in [-0.25, -0.2) is 0 Å². The zero-order valence-corrected chi connectivity index (χ0v) is 16.8. The molecule has 0 radical (unpaired) electrons. The Kier molecular flexibility index (Phi) is 20.9. The second kappa shape index (κ2) is 17.7. The molecule has 0 heterocycles. The highest BCUT2D eigenvalue weighted by Gasteiger charge is 2.06. The third-order valence-electron chi connectivity index (χ3n) is 2.72. The molecule has 1 N–H and O–H groups in total. The van der Waals surface area contributed by atoms with Gasteiger partial charge in [0, 0.05) is 21.1 Å². The monoisotopic (exact) mass is 336 g/mol. The molecular formula is C18H40O5. The van der Waals surface area contributed by atoms with Crippen LogP contribution in [0.5, 0.6) is 0 Å². The van der Waals surface area contributed by atoms with E-state index < -0.39 is 5.79 Å². The van der Waals surface area contributed by atoms with Crippen LogP contribution < -0.4 is 0 Å². The molecule has 0 aliphatic rings. The molecule has 1 unspecified atom stereocenters. The second-order valence-electron chi connectivity index (χ2n) is 6.10. The number of ether oxygens (including phenoxy) is 3. The molecule has 0 aromatic carbocycles. The van der Waals surface area contributed by atoms with E-state index in [0.717, 1.165) is 0 Å². The zero-order chi connectivity index (χ0) is 18.9. The summed E-state index contributed by atoms with van der Waals surface area (Å²) in [6.45, 7) is 12.6. The van der Waals surface area contributed by atoms with Gasteiger partial charge in [-0.1, -0.05) is 33.1 Å². The Morgan fingerprint density at radius 1 is 1.09 bits per heavy atom. The summed E-state index contributed by atoms with van der Waals surface area (Å²) in [5.41, 5.74) is 0. The molecule has 0 aliphatic heterocycles. The van der Waals surface area contributed by atoms with Crippen molar-refractivity contribution in [2.75, 3.05) is 14.2 Å². The highest BCUT2D eigenvalue weighted by Crippen LogP contribution is 2.09. The molecule has 0 fully saturated rings. The number of esters is 1. The van der Waals surface area contributed by atoms with Gasteiger partial charge in [0.15, 0.2) is 5.79 Å². The summed E-state index contributed by atoms with van der Waals surface area (Å²) < 4.78 is 14.4. The highest BCUT2D eigenvalue weighted by molar-refractivity contribution is 5.66. The van der Waals surface area contributed by atoms with Crippen molar-refractivity contribution < 1.29 is 24.1 Å². The van der Waals surface area contributed by atoms with Crippen LogP contribution in [0, 0.1) is 0 Å². The molecule has 0 aromatic rings. The average Bonchev–Trinajstić information content (AvgIpc) is 2.42. The zero-order valence-electron chi connectivity index (χ0n) is 16.8. The average molecular weight is 337 g/mol. The molecule has 0 rings (SSSR count). The Labute approximate surface area is 143 Å². The van der Waals surface area contributed by atoms with E-state index in [0.29, 0.717) is 6.10 Å². The summed E-state index contributed by atoms with van der Waals surface area (Å²) in [5, 5.41) is 8.60. The van der Waals surface area contributed by atoms with E-state index in [4.69, 9.17) is 9.84 Å². The Morgan fingerprint density at radius 2 is 1.57 bits per heavy atom. The van der Waals surface area contributed by atoms with Crippen LogP contribution in [0.2, 0.25) is 0 Å². The number of methoxy groups -OCH3 is 2. The lowest BCUT2D eigenvalue weighted by Gasteiger charge is -2.12. The van der Waals surface area contributed by atoms with E-state index >= 15 is 0 Å². The minimum Gasteiger partial charge on any atom is -0.463 e. The largest absolute Gasteiger partial charge is 0.463 e. The van der Waals surface area contributed by atoms with Gasteiger partial charge in [-0.2, -0.15) is 0 Å². The van der Waals surface area contributed by atoms with Gasteiger partial charge in [-0.15, -0.1) is 0 Å². The predicted molar refractivity (Wildman–Crippen MR) is 95.4 cm³/mol. The smallest absolute Gasteiger partial charge is 0.302 e. The predicted octanol–water partition coefficient (Wildman–Crippen LogP) is 4.31. The lowest BCUT2D eigenvalue weighted by Crippen LogP contribution is -2.20. The first-order chi connectivity index (χ1) is 10.5. The fraction of sp³-hybridized carbons (Fsp3) is 0.944. The van der Waals surface area contributed by atoms with Crippen LogP contribution in [0.3, 0.4) is 0 Å². The number of carbonyl (C=O) groups excluding carboxylic acids is 1. The highest BCUT2D eigenvalue weighted by atomic mass is 16.6. The van der Waals surface area contributed by atoms with Crippen LogP contribution in [0.15, 0.2) is 0 Å².